The fourth-order valence-corrected chi connectivity index (χ4v) is 3.35. The maximum atomic E-state index is 12.5. The molecular formula is C14H23NO3. The first-order valence-electron chi connectivity index (χ1n) is 7.11. The van der Waals surface area contributed by atoms with E-state index in [0.717, 1.165) is 38.8 Å². The summed E-state index contributed by atoms with van der Waals surface area (Å²) < 4.78 is 0. The van der Waals surface area contributed by atoms with Gasteiger partial charge in [0.15, 0.2) is 0 Å². The molecule has 4 heteroatoms. The first kappa shape index (κ1) is 13.4. The first-order chi connectivity index (χ1) is 8.59. The highest BCUT2D eigenvalue weighted by Crippen LogP contribution is 2.32. The van der Waals surface area contributed by atoms with Crippen molar-refractivity contribution in [1.29, 1.82) is 0 Å². The molecule has 1 saturated carbocycles. The minimum atomic E-state index is -0.793. The van der Waals surface area contributed by atoms with Gasteiger partial charge in [0.25, 0.3) is 0 Å². The van der Waals surface area contributed by atoms with E-state index in [0.29, 0.717) is 12.3 Å². The third-order valence-electron chi connectivity index (χ3n) is 4.37. The quantitative estimate of drug-likeness (QED) is 0.820. The second-order valence-electron chi connectivity index (χ2n) is 5.87. The van der Waals surface area contributed by atoms with Gasteiger partial charge in [-0.2, -0.15) is 0 Å². The zero-order chi connectivity index (χ0) is 13.1. The van der Waals surface area contributed by atoms with E-state index in [1.807, 2.05) is 4.90 Å². The molecular weight excluding hydrogens is 230 g/mol. The average Bonchev–Trinajstić information content (AvgIpc) is 2.38. The third-order valence-corrected chi connectivity index (χ3v) is 4.37. The number of carbonyl (C=O) groups is 2. The number of carboxylic acids is 1. The van der Waals surface area contributed by atoms with E-state index < -0.39 is 11.9 Å². The largest absolute Gasteiger partial charge is 0.481 e. The molecule has 3 atom stereocenters. The number of likely N-dealkylation sites (tertiary alicyclic amines) is 1. The number of hydrogen-bond acceptors (Lipinski definition) is 2. The number of amides is 1. The number of carboxylic acid groups (broad SMARTS) is 1. The van der Waals surface area contributed by atoms with E-state index >= 15 is 0 Å². The number of hydrogen-bond donors (Lipinski definition) is 1. The van der Waals surface area contributed by atoms with Crippen molar-refractivity contribution in [2.24, 2.45) is 17.8 Å². The third kappa shape index (κ3) is 2.85. The predicted octanol–water partition coefficient (Wildman–Crippen LogP) is 2.14. The molecule has 2 aliphatic rings. The molecule has 1 N–H and O–H groups in total. The van der Waals surface area contributed by atoms with Crippen LogP contribution in [-0.4, -0.2) is 35.0 Å². The van der Waals surface area contributed by atoms with Crippen LogP contribution in [0.4, 0.5) is 0 Å². The lowest BCUT2D eigenvalue weighted by Gasteiger charge is -2.36. The fraction of sp³-hybridized carbons (Fsp3) is 0.857. The monoisotopic (exact) mass is 253 g/mol. The summed E-state index contributed by atoms with van der Waals surface area (Å²) in [5.41, 5.74) is 0. The lowest BCUT2D eigenvalue weighted by atomic mass is 9.78. The molecule has 102 valence electrons. The van der Waals surface area contributed by atoms with Crippen LogP contribution in [0.1, 0.15) is 45.4 Å². The van der Waals surface area contributed by atoms with Gasteiger partial charge in [-0.15, -0.1) is 0 Å². The molecule has 1 aliphatic heterocycles. The number of aliphatic carboxylic acids is 1. The van der Waals surface area contributed by atoms with Gasteiger partial charge in [0.1, 0.15) is 0 Å². The molecule has 0 aromatic heterocycles. The summed E-state index contributed by atoms with van der Waals surface area (Å²) in [7, 11) is 0. The van der Waals surface area contributed by atoms with Crippen molar-refractivity contribution in [2.75, 3.05) is 13.1 Å². The summed E-state index contributed by atoms with van der Waals surface area (Å²) in [6.07, 6.45) is 5.57. The minimum Gasteiger partial charge on any atom is -0.481 e. The average molecular weight is 253 g/mol. The Hall–Kier alpha value is -1.06. The molecule has 0 aromatic carbocycles. The summed E-state index contributed by atoms with van der Waals surface area (Å²) >= 11 is 0. The van der Waals surface area contributed by atoms with E-state index in [1.165, 1.54) is 6.42 Å². The molecule has 0 unspecified atom stereocenters. The van der Waals surface area contributed by atoms with Crippen molar-refractivity contribution in [2.45, 2.75) is 45.4 Å². The molecule has 2 rings (SSSR count). The maximum absolute atomic E-state index is 12.5. The van der Waals surface area contributed by atoms with Crippen molar-refractivity contribution in [3.05, 3.63) is 0 Å². The zero-order valence-electron chi connectivity index (χ0n) is 11.1. The van der Waals surface area contributed by atoms with Gasteiger partial charge in [-0.25, -0.2) is 0 Å². The van der Waals surface area contributed by atoms with Gasteiger partial charge in [0, 0.05) is 13.1 Å². The Labute approximate surface area is 108 Å². The molecule has 0 aromatic rings. The number of piperidine rings is 1. The van der Waals surface area contributed by atoms with Gasteiger partial charge in [0.2, 0.25) is 5.91 Å². The summed E-state index contributed by atoms with van der Waals surface area (Å²) in [6, 6.07) is 0. The van der Waals surface area contributed by atoms with E-state index in [1.54, 1.807) is 0 Å². The second kappa shape index (κ2) is 5.72. The molecule has 1 amide bonds. The number of rotatable bonds is 2. The lowest BCUT2D eigenvalue weighted by Crippen LogP contribution is -2.46. The summed E-state index contributed by atoms with van der Waals surface area (Å²) in [6.45, 7) is 3.78. The van der Waals surface area contributed by atoms with Crippen LogP contribution in [0.25, 0.3) is 0 Å². The standard InChI is InChI=1S/C14H23NO3/c1-10-5-4-8-15(9-10)13(16)11-6-2-3-7-12(11)14(17)18/h10-12H,2-9H2,1H3,(H,17,18)/t10-,11-,12+/m1/s1. The van der Waals surface area contributed by atoms with Crippen molar-refractivity contribution in [1.82, 2.24) is 4.90 Å². The smallest absolute Gasteiger partial charge is 0.307 e. The highest BCUT2D eigenvalue weighted by atomic mass is 16.4. The SMILES string of the molecule is C[C@@H]1CCCN(C(=O)[C@@H]2CCCC[C@@H]2C(=O)O)C1. The van der Waals surface area contributed by atoms with Crippen LogP contribution in [0.15, 0.2) is 0 Å². The molecule has 2 fully saturated rings. The number of carbonyl (C=O) groups excluding carboxylic acids is 1. The van der Waals surface area contributed by atoms with Crippen molar-refractivity contribution in [3.63, 3.8) is 0 Å². The van der Waals surface area contributed by atoms with Crippen molar-refractivity contribution in [3.8, 4) is 0 Å². The van der Waals surface area contributed by atoms with Gasteiger partial charge in [-0.3, -0.25) is 9.59 Å². The molecule has 0 radical (unpaired) electrons. The Morgan fingerprint density at radius 1 is 1.06 bits per heavy atom. The first-order valence-corrected chi connectivity index (χ1v) is 7.11. The van der Waals surface area contributed by atoms with E-state index in [4.69, 9.17) is 0 Å². The molecule has 18 heavy (non-hydrogen) atoms. The lowest BCUT2D eigenvalue weighted by molar-refractivity contribution is -0.153. The van der Waals surface area contributed by atoms with E-state index in [-0.39, 0.29) is 11.8 Å². The van der Waals surface area contributed by atoms with Gasteiger partial charge < -0.3 is 10.0 Å². The van der Waals surface area contributed by atoms with Crippen molar-refractivity contribution >= 4 is 11.9 Å². The Morgan fingerprint density at radius 3 is 2.33 bits per heavy atom. The number of nitrogens with zero attached hydrogens (tertiary/aromatic N) is 1. The maximum Gasteiger partial charge on any atom is 0.307 e. The van der Waals surface area contributed by atoms with Gasteiger partial charge in [-0.05, 0) is 31.6 Å². The van der Waals surface area contributed by atoms with Crippen molar-refractivity contribution < 1.29 is 14.7 Å². The normalized spacial score (nSPS) is 33.2. The van der Waals surface area contributed by atoms with Gasteiger partial charge in [0.05, 0.1) is 11.8 Å². The second-order valence-corrected chi connectivity index (χ2v) is 5.87. The van der Waals surface area contributed by atoms with Crippen LogP contribution in [0.2, 0.25) is 0 Å². The molecule has 0 spiro atoms. The molecule has 1 heterocycles. The highest BCUT2D eigenvalue weighted by Gasteiger charge is 2.38. The molecule has 4 nitrogen and oxygen atoms in total. The van der Waals surface area contributed by atoms with Gasteiger partial charge >= 0.3 is 5.97 Å². The van der Waals surface area contributed by atoms with Crippen LogP contribution in [0, 0.1) is 17.8 Å². The minimum absolute atomic E-state index is 0.0913. The van der Waals surface area contributed by atoms with Crippen LogP contribution in [0.3, 0.4) is 0 Å². The zero-order valence-corrected chi connectivity index (χ0v) is 11.1. The predicted molar refractivity (Wildman–Crippen MR) is 68.1 cm³/mol. The van der Waals surface area contributed by atoms with Crippen LogP contribution >= 0.6 is 0 Å². The Bertz CT molecular complexity index is 329. The molecule has 0 bridgehead atoms. The Balaban J connectivity index is 2.03. The van der Waals surface area contributed by atoms with E-state index in [2.05, 4.69) is 6.92 Å². The summed E-state index contributed by atoms with van der Waals surface area (Å²) in [4.78, 5) is 25.6. The Kier molecular flexibility index (Phi) is 4.25. The fourth-order valence-electron chi connectivity index (χ4n) is 3.35. The van der Waals surface area contributed by atoms with Crippen LogP contribution in [0.5, 0.6) is 0 Å². The Morgan fingerprint density at radius 2 is 1.72 bits per heavy atom. The van der Waals surface area contributed by atoms with Crippen LogP contribution < -0.4 is 0 Å². The molecule has 1 aliphatic carbocycles. The van der Waals surface area contributed by atoms with E-state index in [9.17, 15) is 14.7 Å². The summed E-state index contributed by atoms with van der Waals surface area (Å²) in [5.74, 6) is -0.883. The topological polar surface area (TPSA) is 57.6 Å². The van der Waals surface area contributed by atoms with Crippen LogP contribution in [-0.2, 0) is 9.59 Å². The van der Waals surface area contributed by atoms with Gasteiger partial charge in [-0.1, -0.05) is 19.8 Å². The summed E-state index contributed by atoms with van der Waals surface area (Å²) in [5, 5.41) is 9.24. The highest BCUT2D eigenvalue weighted by molar-refractivity contribution is 5.85. The molecule has 1 saturated heterocycles.